The van der Waals surface area contributed by atoms with Crippen LogP contribution in [-0.4, -0.2) is 56.5 Å². The van der Waals surface area contributed by atoms with Crippen LogP contribution >= 0.6 is 34.8 Å². The van der Waals surface area contributed by atoms with Crippen LogP contribution in [0.25, 0.3) is 0 Å². The predicted octanol–water partition coefficient (Wildman–Crippen LogP) is 6.15. The molecule has 4 N–H and O–H groups in total. The number of hydrogen-bond donors (Lipinski definition) is 4. The minimum atomic E-state index is -1.20. The van der Waals surface area contributed by atoms with Gasteiger partial charge in [-0.2, -0.15) is 5.10 Å². The number of aliphatic hydroxyl groups excluding tert-OH is 1. The number of aliphatic hydroxyl groups is 1. The number of urea groups is 1. The highest BCUT2D eigenvalue weighted by Crippen LogP contribution is 2.38. The highest BCUT2D eigenvalue weighted by Gasteiger charge is 2.32. The Labute approximate surface area is 292 Å². The molecule has 0 aromatic heterocycles. The first-order chi connectivity index (χ1) is 23.0. The number of amides is 2. The quantitative estimate of drug-likeness (QED) is 0.0628. The smallest absolute Gasteiger partial charge is 0.337 e. The summed E-state index contributed by atoms with van der Waals surface area (Å²) in [6.45, 7) is 5.93. The summed E-state index contributed by atoms with van der Waals surface area (Å²) in [6, 6.07) is 12.3. The molecule has 0 spiro atoms. The number of benzene rings is 3. The summed E-state index contributed by atoms with van der Waals surface area (Å²) >= 11 is 18.6. The summed E-state index contributed by atoms with van der Waals surface area (Å²) in [5.74, 6) is 0.860. The highest BCUT2D eigenvalue weighted by atomic mass is 35.5. The fourth-order valence-electron chi connectivity index (χ4n) is 4.67. The Morgan fingerprint density at radius 2 is 1.71 bits per heavy atom. The van der Waals surface area contributed by atoms with Crippen molar-refractivity contribution >= 4 is 53.0 Å². The lowest BCUT2D eigenvalue weighted by Crippen LogP contribution is -2.45. The molecule has 3 aromatic rings. The van der Waals surface area contributed by atoms with Gasteiger partial charge in [0, 0.05) is 5.70 Å². The second-order valence-electron chi connectivity index (χ2n) is 10.2. The number of carbonyl (C=O) groups excluding carboxylic acids is 2. The van der Waals surface area contributed by atoms with E-state index in [-0.39, 0.29) is 18.8 Å². The zero-order valence-electron chi connectivity index (χ0n) is 26.6. The second-order valence-corrected chi connectivity index (χ2v) is 11.4. The molecule has 12 nitrogen and oxygen atoms in total. The molecule has 3 aromatic carbocycles. The zero-order valence-corrected chi connectivity index (χ0v) is 28.8. The average Bonchev–Trinajstić information content (AvgIpc) is 3.05. The molecule has 0 bridgehead atoms. The van der Waals surface area contributed by atoms with E-state index in [0.717, 1.165) is 5.56 Å². The van der Waals surface area contributed by atoms with Gasteiger partial charge in [0.25, 0.3) is 0 Å². The van der Waals surface area contributed by atoms with E-state index in [4.69, 9.17) is 58.5 Å². The Balaban J connectivity index is 1.40. The number of hydrogen-bond acceptors (Lipinski definition) is 10. The van der Waals surface area contributed by atoms with Gasteiger partial charge in [0.2, 0.25) is 0 Å². The summed E-state index contributed by atoms with van der Waals surface area (Å²) < 4.78 is 28.2. The first-order valence-corrected chi connectivity index (χ1v) is 15.9. The molecule has 0 aliphatic carbocycles. The molecule has 0 saturated carbocycles. The van der Waals surface area contributed by atoms with E-state index in [1.165, 1.54) is 13.3 Å². The van der Waals surface area contributed by atoms with E-state index < -0.39 is 24.3 Å². The summed E-state index contributed by atoms with van der Waals surface area (Å²) in [4.78, 5) is 24.7. The van der Waals surface area contributed by atoms with Gasteiger partial charge in [0.1, 0.15) is 13.2 Å². The van der Waals surface area contributed by atoms with Crippen molar-refractivity contribution in [2.24, 2.45) is 5.10 Å². The molecule has 0 saturated heterocycles. The standard InChI is InChI=1S/C33H35Cl3N4O8/c1-5-45-26-14-21(30-29(32(42)44-4)18(3)38-33(43)39-30)8-10-25(26)47-17-28(41)40-37-15-20-12-24(36)31(27(13-20)46-6-2)48-16-19-7-9-22(34)23(35)11-19/h7-15,28,30,40-41H,5-6,16-17H2,1-4H3,(H2,38,39,43)/b37-15-/t28-,30-/m0/s1. The summed E-state index contributed by atoms with van der Waals surface area (Å²) in [5.41, 5.74) is 5.19. The van der Waals surface area contributed by atoms with Crippen molar-refractivity contribution in [2.45, 2.75) is 39.6 Å². The Hall–Kier alpha value is -4.36. The lowest BCUT2D eigenvalue weighted by Gasteiger charge is -2.28. The van der Waals surface area contributed by atoms with E-state index in [0.29, 0.717) is 68.1 Å². The summed E-state index contributed by atoms with van der Waals surface area (Å²) in [5, 5.41) is 21.1. The molecule has 1 aliphatic heterocycles. The lowest BCUT2D eigenvalue weighted by atomic mass is 9.95. The molecule has 0 fully saturated rings. The van der Waals surface area contributed by atoms with Crippen LogP contribution in [0.15, 0.2) is 64.9 Å². The van der Waals surface area contributed by atoms with Crippen molar-refractivity contribution in [2.75, 3.05) is 26.9 Å². The molecular formula is C33H35Cl3N4O8. The summed E-state index contributed by atoms with van der Waals surface area (Å²) in [7, 11) is 1.27. The number of methoxy groups -OCH3 is 1. The number of rotatable bonds is 15. The maximum Gasteiger partial charge on any atom is 0.337 e. The third-order valence-corrected chi connectivity index (χ3v) is 7.83. The van der Waals surface area contributed by atoms with Crippen LogP contribution in [0, 0.1) is 0 Å². The SMILES string of the molecule is CCOc1cc([C@@H]2NC(=O)NC(C)=C2C(=O)OC)ccc1OC[C@H](O)N/N=C\c1cc(Cl)c(OCc2ccc(Cl)c(Cl)c2)c(OCC)c1. The average molecular weight is 722 g/mol. The first kappa shape index (κ1) is 36.5. The van der Waals surface area contributed by atoms with Crippen molar-refractivity contribution in [3.63, 3.8) is 0 Å². The van der Waals surface area contributed by atoms with Crippen LogP contribution in [0.2, 0.25) is 15.1 Å². The van der Waals surface area contributed by atoms with Gasteiger partial charge in [-0.25, -0.2) is 9.59 Å². The monoisotopic (exact) mass is 720 g/mol. The fraction of sp³-hybridized carbons (Fsp3) is 0.303. The molecule has 0 radical (unpaired) electrons. The number of esters is 1. The second kappa shape index (κ2) is 17.2. The van der Waals surface area contributed by atoms with E-state index in [1.807, 2.05) is 6.92 Å². The normalized spacial score (nSPS) is 15.0. The van der Waals surface area contributed by atoms with Gasteiger partial charge < -0.3 is 39.4 Å². The third kappa shape index (κ3) is 9.38. The van der Waals surface area contributed by atoms with E-state index in [2.05, 4.69) is 21.2 Å². The Morgan fingerprint density at radius 3 is 2.42 bits per heavy atom. The molecule has 2 amide bonds. The number of halogens is 3. The van der Waals surface area contributed by atoms with Gasteiger partial charge in [-0.3, -0.25) is 5.43 Å². The minimum Gasteiger partial charge on any atom is -0.490 e. The highest BCUT2D eigenvalue weighted by molar-refractivity contribution is 6.42. The molecule has 0 unspecified atom stereocenters. The molecule has 1 heterocycles. The first-order valence-electron chi connectivity index (χ1n) is 14.8. The van der Waals surface area contributed by atoms with Crippen molar-refractivity contribution in [1.82, 2.24) is 16.1 Å². The van der Waals surface area contributed by atoms with Crippen molar-refractivity contribution in [1.29, 1.82) is 0 Å². The van der Waals surface area contributed by atoms with E-state index >= 15 is 0 Å². The Morgan fingerprint density at radius 1 is 0.958 bits per heavy atom. The third-order valence-electron chi connectivity index (χ3n) is 6.81. The van der Waals surface area contributed by atoms with Gasteiger partial charge in [-0.1, -0.05) is 46.9 Å². The molecule has 4 rings (SSSR count). The van der Waals surface area contributed by atoms with Crippen LogP contribution in [-0.2, 0) is 16.1 Å². The molecule has 15 heteroatoms. The van der Waals surface area contributed by atoms with E-state index in [9.17, 15) is 14.7 Å². The Kier molecular flexibility index (Phi) is 13.0. The molecule has 256 valence electrons. The number of nitrogens with one attached hydrogen (secondary N) is 3. The number of nitrogens with zero attached hydrogens (tertiary/aromatic N) is 1. The number of allylic oxidation sites excluding steroid dienone is 1. The van der Waals surface area contributed by atoms with Gasteiger partial charge in [0.05, 0.1) is 53.2 Å². The number of carbonyl (C=O) groups is 2. The topological polar surface area (TPSA) is 149 Å². The fourth-order valence-corrected chi connectivity index (χ4v) is 5.26. The van der Waals surface area contributed by atoms with Gasteiger partial charge in [-0.05, 0) is 73.9 Å². The van der Waals surface area contributed by atoms with Crippen molar-refractivity contribution in [3.05, 3.63) is 91.6 Å². The lowest BCUT2D eigenvalue weighted by molar-refractivity contribution is -0.136. The zero-order chi connectivity index (χ0) is 34.8. The largest absolute Gasteiger partial charge is 0.490 e. The van der Waals surface area contributed by atoms with Crippen molar-refractivity contribution < 1.29 is 38.4 Å². The van der Waals surface area contributed by atoms with E-state index in [1.54, 1.807) is 62.4 Å². The molecule has 1 aliphatic rings. The van der Waals surface area contributed by atoms with Gasteiger partial charge in [-0.15, -0.1) is 0 Å². The van der Waals surface area contributed by atoms with Crippen molar-refractivity contribution in [3.8, 4) is 23.0 Å². The summed E-state index contributed by atoms with van der Waals surface area (Å²) in [6.07, 6.45) is 0.258. The maximum atomic E-state index is 12.5. The molecule has 2 atom stereocenters. The maximum absolute atomic E-state index is 12.5. The number of ether oxygens (including phenoxy) is 5. The Bertz CT molecular complexity index is 1700. The molecular weight excluding hydrogens is 687 g/mol. The van der Waals surface area contributed by atoms with Crippen LogP contribution in [0.5, 0.6) is 23.0 Å². The predicted molar refractivity (Wildman–Crippen MR) is 182 cm³/mol. The van der Waals surface area contributed by atoms with Crippen LogP contribution in [0.1, 0.15) is 43.5 Å². The minimum absolute atomic E-state index is 0.186. The molecule has 48 heavy (non-hydrogen) atoms. The van der Waals surface area contributed by atoms with Crippen LogP contribution in [0.3, 0.4) is 0 Å². The van der Waals surface area contributed by atoms with Gasteiger partial charge >= 0.3 is 12.0 Å². The number of hydrazone groups is 1. The van der Waals surface area contributed by atoms with Crippen LogP contribution < -0.4 is 35.0 Å². The van der Waals surface area contributed by atoms with Crippen LogP contribution in [0.4, 0.5) is 4.79 Å². The van der Waals surface area contributed by atoms with Gasteiger partial charge in [0.15, 0.2) is 29.2 Å².